The molecule has 0 aliphatic carbocycles. The first kappa shape index (κ1) is 24.1. The molecule has 0 aromatic rings. The van der Waals surface area contributed by atoms with Crippen LogP contribution in [0.1, 0.15) is 97.8 Å². The Bertz CT molecular complexity index is 376. The van der Waals surface area contributed by atoms with Gasteiger partial charge in [0.05, 0.1) is 6.10 Å². The molecule has 0 aliphatic rings. The fourth-order valence-corrected chi connectivity index (χ4v) is 4.69. The number of carbonyl (C=O) groups excluding carboxylic acids is 1. The lowest BCUT2D eigenvalue weighted by Crippen LogP contribution is -2.20. The third-order valence-electron chi connectivity index (χ3n) is 4.39. The number of hydrogen-bond donors (Lipinski definition) is 1. The molecular weight excluding hydrogens is 347 g/mol. The third kappa shape index (κ3) is 11.6. The number of carbonyl (C=O) groups is 1. The summed E-state index contributed by atoms with van der Waals surface area (Å²) >= 11 is 5.53. The Kier molecular flexibility index (Phi) is 14.4. The minimum absolute atomic E-state index is 0.322. The van der Waals surface area contributed by atoms with Crippen LogP contribution < -0.4 is 0 Å². The Morgan fingerprint density at radius 2 is 1.46 bits per heavy atom. The normalized spacial score (nSPS) is 16.5. The minimum Gasteiger partial charge on any atom is -0.324 e. The van der Waals surface area contributed by atoms with E-state index in [-0.39, 0.29) is 6.10 Å². The van der Waals surface area contributed by atoms with Crippen LogP contribution in [-0.2, 0) is 13.9 Å². The van der Waals surface area contributed by atoms with E-state index < -0.39 is 18.5 Å². The molecule has 24 heavy (non-hydrogen) atoms. The predicted octanol–water partition coefficient (Wildman–Crippen LogP) is 6.43. The van der Waals surface area contributed by atoms with E-state index in [0.29, 0.717) is 12.8 Å². The summed E-state index contributed by atoms with van der Waals surface area (Å²) in [6.45, 7) is 5.81. The van der Waals surface area contributed by atoms with Crippen molar-refractivity contribution >= 4 is 24.4 Å². The molecule has 0 saturated heterocycles. The summed E-state index contributed by atoms with van der Waals surface area (Å²) in [5, 5.41) is -0.764. The fraction of sp³-hybridized carbons (Fsp3) is 0.944. The van der Waals surface area contributed by atoms with Gasteiger partial charge in [-0.2, -0.15) is 0 Å². The average molecular weight is 383 g/mol. The highest BCUT2D eigenvalue weighted by Gasteiger charge is 2.38. The molecule has 4 nitrogen and oxygen atoms in total. The molecule has 0 aromatic heterocycles. The smallest absolute Gasteiger partial charge is 0.324 e. The summed E-state index contributed by atoms with van der Waals surface area (Å²) in [6, 6.07) is 0. The Balaban J connectivity index is 3.94. The monoisotopic (exact) mass is 382 g/mol. The molecule has 6 heteroatoms. The first-order valence-electron chi connectivity index (χ1n) is 9.55. The van der Waals surface area contributed by atoms with Crippen LogP contribution >= 0.6 is 19.2 Å². The fourth-order valence-electron chi connectivity index (χ4n) is 2.64. The second-order valence-corrected chi connectivity index (χ2v) is 9.01. The van der Waals surface area contributed by atoms with Gasteiger partial charge in [-0.15, -0.1) is 0 Å². The van der Waals surface area contributed by atoms with Crippen LogP contribution in [0, 0.1) is 0 Å². The summed E-state index contributed by atoms with van der Waals surface area (Å²) in [5.74, 6) is 0. The quantitative estimate of drug-likeness (QED) is 0.190. The molecule has 0 aromatic carbocycles. The van der Waals surface area contributed by atoms with Crippen molar-refractivity contribution < 1.29 is 18.8 Å². The highest BCUT2D eigenvalue weighted by atomic mass is 35.5. The molecule has 0 rings (SSSR count). The summed E-state index contributed by atoms with van der Waals surface area (Å²) in [6.07, 6.45) is 12.3. The van der Waals surface area contributed by atoms with Crippen LogP contribution in [0.25, 0.3) is 0 Å². The van der Waals surface area contributed by atoms with Crippen molar-refractivity contribution in [3.05, 3.63) is 0 Å². The van der Waals surface area contributed by atoms with E-state index in [1.54, 1.807) is 6.92 Å². The topological polar surface area (TPSA) is 63.6 Å². The lowest BCUT2D eigenvalue weighted by Gasteiger charge is -2.22. The van der Waals surface area contributed by atoms with Crippen molar-refractivity contribution in [3.63, 3.8) is 0 Å². The van der Waals surface area contributed by atoms with Gasteiger partial charge in [0.25, 0.3) is 0 Å². The van der Waals surface area contributed by atoms with Crippen LogP contribution in [-0.4, -0.2) is 21.9 Å². The zero-order valence-corrected chi connectivity index (χ0v) is 17.3. The number of rotatable bonds is 16. The summed E-state index contributed by atoms with van der Waals surface area (Å²) in [5.41, 5.74) is -1.10. The molecule has 3 unspecified atom stereocenters. The van der Waals surface area contributed by atoms with E-state index in [1.807, 2.05) is 6.92 Å². The molecule has 0 heterocycles. The minimum atomic E-state index is -3.99. The van der Waals surface area contributed by atoms with Gasteiger partial charge in [-0.1, -0.05) is 78.1 Å². The Hall–Kier alpha value is 0.110. The van der Waals surface area contributed by atoms with Crippen LogP contribution in [0.3, 0.4) is 0 Å². The van der Waals surface area contributed by atoms with Crippen molar-refractivity contribution in [2.24, 2.45) is 0 Å². The Morgan fingerprint density at radius 3 is 1.88 bits per heavy atom. The van der Waals surface area contributed by atoms with Gasteiger partial charge in [-0.05, 0) is 31.4 Å². The molecule has 0 saturated carbocycles. The van der Waals surface area contributed by atoms with E-state index in [9.17, 15) is 14.3 Å². The Labute approximate surface area is 153 Å². The van der Waals surface area contributed by atoms with Crippen molar-refractivity contribution in [2.45, 2.75) is 110 Å². The number of halogens is 1. The summed E-state index contributed by atoms with van der Waals surface area (Å²) in [7, 11) is -3.99. The maximum atomic E-state index is 12.2. The molecular formula is C18H36ClO4P. The molecule has 0 bridgehead atoms. The average Bonchev–Trinajstić information content (AvgIpc) is 2.51. The highest BCUT2D eigenvalue weighted by molar-refractivity contribution is 7.55. The largest absolute Gasteiger partial charge is 0.340 e. The van der Waals surface area contributed by atoms with E-state index in [2.05, 4.69) is 6.92 Å². The molecule has 0 fully saturated rings. The maximum absolute atomic E-state index is 12.2. The molecule has 0 radical (unpaired) electrons. The van der Waals surface area contributed by atoms with E-state index >= 15 is 0 Å². The lowest BCUT2D eigenvalue weighted by molar-refractivity contribution is -0.111. The summed E-state index contributed by atoms with van der Waals surface area (Å²) < 4.78 is 17.4. The second-order valence-electron chi connectivity index (χ2n) is 6.68. The molecule has 0 spiro atoms. The Morgan fingerprint density at radius 1 is 1.00 bits per heavy atom. The SMILES string of the molecule is CCCCCCCCCCCCC(C(=O)Cl)P(=O)(O)OC(C)CC. The zero-order chi connectivity index (χ0) is 18.4. The molecule has 144 valence electrons. The molecule has 0 amide bonds. The van der Waals surface area contributed by atoms with Crippen LogP contribution in [0.2, 0.25) is 0 Å². The van der Waals surface area contributed by atoms with E-state index in [1.165, 1.54) is 44.9 Å². The maximum Gasteiger partial charge on any atom is 0.340 e. The van der Waals surface area contributed by atoms with Gasteiger partial charge in [0, 0.05) is 0 Å². The van der Waals surface area contributed by atoms with Crippen molar-refractivity contribution in [2.75, 3.05) is 0 Å². The molecule has 3 atom stereocenters. The lowest BCUT2D eigenvalue weighted by atomic mass is 10.1. The highest BCUT2D eigenvalue weighted by Crippen LogP contribution is 2.51. The third-order valence-corrected chi connectivity index (χ3v) is 6.75. The van der Waals surface area contributed by atoms with Gasteiger partial charge in [0.2, 0.25) is 5.24 Å². The van der Waals surface area contributed by atoms with Gasteiger partial charge < -0.3 is 9.42 Å². The number of hydrogen-bond acceptors (Lipinski definition) is 3. The van der Waals surface area contributed by atoms with Gasteiger partial charge >= 0.3 is 7.60 Å². The van der Waals surface area contributed by atoms with Crippen molar-refractivity contribution in [3.8, 4) is 0 Å². The van der Waals surface area contributed by atoms with Gasteiger partial charge in [-0.3, -0.25) is 9.36 Å². The van der Waals surface area contributed by atoms with Crippen LogP contribution in [0.5, 0.6) is 0 Å². The van der Waals surface area contributed by atoms with Gasteiger partial charge in [-0.25, -0.2) is 0 Å². The van der Waals surface area contributed by atoms with E-state index in [0.717, 1.165) is 19.3 Å². The predicted molar refractivity (Wildman–Crippen MR) is 102 cm³/mol. The molecule has 0 aliphatic heterocycles. The molecule has 1 N–H and O–H groups in total. The standard InChI is InChI=1S/C18H36ClO4P/c1-4-6-7-8-9-10-11-12-13-14-15-17(18(19)20)24(21,22)23-16(3)5-2/h16-17H,4-15H2,1-3H3,(H,21,22). The summed E-state index contributed by atoms with van der Waals surface area (Å²) in [4.78, 5) is 21.5. The van der Waals surface area contributed by atoms with Crippen LogP contribution in [0.4, 0.5) is 0 Å². The second kappa shape index (κ2) is 14.3. The first-order valence-corrected chi connectivity index (χ1v) is 11.6. The van der Waals surface area contributed by atoms with Gasteiger partial charge in [0.15, 0.2) is 0 Å². The zero-order valence-electron chi connectivity index (χ0n) is 15.6. The number of unbranched alkanes of at least 4 members (excludes halogenated alkanes) is 9. The van der Waals surface area contributed by atoms with Crippen LogP contribution in [0.15, 0.2) is 0 Å². The van der Waals surface area contributed by atoms with Crippen molar-refractivity contribution in [1.82, 2.24) is 0 Å². The van der Waals surface area contributed by atoms with Crippen molar-refractivity contribution in [1.29, 1.82) is 0 Å². The van der Waals surface area contributed by atoms with E-state index in [4.69, 9.17) is 16.1 Å². The van der Waals surface area contributed by atoms with Gasteiger partial charge in [0.1, 0.15) is 5.66 Å². The first-order chi connectivity index (χ1) is 11.3.